The predicted octanol–water partition coefficient (Wildman–Crippen LogP) is 1.83. The van der Waals surface area contributed by atoms with Crippen LogP contribution in [0.2, 0.25) is 0 Å². The average molecular weight is 321 g/mol. The van der Waals surface area contributed by atoms with Gasteiger partial charge in [-0.3, -0.25) is 0 Å². The summed E-state index contributed by atoms with van der Waals surface area (Å²) in [5.74, 6) is -0.879. The molecule has 0 radical (unpaired) electrons. The summed E-state index contributed by atoms with van der Waals surface area (Å²) >= 11 is 0. The summed E-state index contributed by atoms with van der Waals surface area (Å²) in [6.45, 7) is 0. The maximum Gasteiger partial charge on any atom is 0.335 e. The van der Waals surface area contributed by atoms with E-state index >= 15 is 0 Å². The molecule has 1 N–H and O–H groups in total. The van der Waals surface area contributed by atoms with E-state index in [0.29, 0.717) is 5.56 Å². The maximum atomic E-state index is 10.2. The van der Waals surface area contributed by atoms with E-state index in [2.05, 4.69) is 0 Å². The largest absolute Gasteiger partial charge is 0.478 e. The van der Waals surface area contributed by atoms with Gasteiger partial charge in [0, 0.05) is 21.1 Å². The predicted molar refractivity (Wildman–Crippen MR) is 39.8 cm³/mol. The Morgan fingerprint density at radius 3 is 1.91 bits per heavy atom. The van der Waals surface area contributed by atoms with Crippen molar-refractivity contribution < 1.29 is 31.0 Å². The van der Waals surface area contributed by atoms with Crippen molar-refractivity contribution in [3.63, 3.8) is 0 Å². The first-order valence-electron chi connectivity index (χ1n) is 2.59. The van der Waals surface area contributed by atoms with Gasteiger partial charge in [-0.1, -0.05) is 18.2 Å². The summed E-state index contributed by atoms with van der Waals surface area (Å²) in [6, 6.07) is 8.30. The molecule has 0 heterocycles. The first kappa shape index (κ1) is 13.0. The summed E-state index contributed by atoms with van der Waals surface area (Å²) in [7, 11) is 0. The fourth-order valence-corrected chi connectivity index (χ4v) is 0.581. The summed E-state index contributed by atoms with van der Waals surface area (Å²) < 4.78 is 0. The van der Waals surface area contributed by atoms with Crippen molar-refractivity contribution in [1.29, 1.82) is 0 Å². The van der Waals surface area contributed by atoms with Crippen molar-refractivity contribution in [3.05, 3.63) is 43.3 Å². The fourth-order valence-electron chi connectivity index (χ4n) is 0.581. The Labute approximate surface area is 80.5 Å². The molecule has 0 aliphatic rings. The van der Waals surface area contributed by atoms with Gasteiger partial charge in [0.05, 0.1) is 5.56 Å². The number of rotatable bonds is 1. The van der Waals surface area contributed by atoms with E-state index in [1.165, 1.54) is 0 Å². The Bertz CT molecular complexity index is 209. The van der Waals surface area contributed by atoms with Crippen molar-refractivity contribution in [2.75, 3.05) is 0 Å². The normalized spacial score (nSPS) is 7.27. The van der Waals surface area contributed by atoms with E-state index in [-0.39, 0.29) is 28.5 Å². The summed E-state index contributed by atoms with van der Waals surface area (Å²) in [5.41, 5.74) is 0.331. The SMILES string of the molecule is O=C(O)c1ccccc1.[CH3-].[W]. The molecule has 0 bridgehead atoms. The van der Waals surface area contributed by atoms with Gasteiger partial charge in [0.1, 0.15) is 0 Å². The molecule has 0 amide bonds. The Morgan fingerprint density at radius 1 is 1.18 bits per heavy atom. The van der Waals surface area contributed by atoms with E-state index in [9.17, 15) is 4.79 Å². The number of carboxylic acid groups (broad SMARTS) is 1. The van der Waals surface area contributed by atoms with Gasteiger partial charge < -0.3 is 12.5 Å². The first-order chi connectivity index (χ1) is 4.30. The van der Waals surface area contributed by atoms with Gasteiger partial charge in [-0.15, -0.1) is 0 Å². The quantitative estimate of drug-likeness (QED) is 0.802. The number of carbonyl (C=O) groups is 1. The molecule has 2 nitrogen and oxygen atoms in total. The summed E-state index contributed by atoms with van der Waals surface area (Å²) in [5, 5.41) is 8.38. The second-order valence-corrected chi connectivity index (χ2v) is 1.67. The number of benzene rings is 1. The van der Waals surface area contributed by atoms with Crippen LogP contribution < -0.4 is 0 Å². The third kappa shape index (κ3) is 3.94. The minimum atomic E-state index is -0.879. The molecule has 0 aliphatic carbocycles. The molecule has 1 aromatic carbocycles. The van der Waals surface area contributed by atoms with E-state index in [1.54, 1.807) is 30.3 Å². The molecule has 60 valence electrons. The Balaban J connectivity index is 0. The molecule has 0 fully saturated rings. The second-order valence-electron chi connectivity index (χ2n) is 1.67. The third-order valence-electron chi connectivity index (χ3n) is 1.02. The van der Waals surface area contributed by atoms with Gasteiger partial charge >= 0.3 is 5.97 Å². The summed E-state index contributed by atoms with van der Waals surface area (Å²) in [4.78, 5) is 10.2. The molecule has 0 saturated heterocycles. The molecule has 3 heteroatoms. The summed E-state index contributed by atoms with van der Waals surface area (Å²) in [6.07, 6.45) is 0. The van der Waals surface area contributed by atoms with Gasteiger partial charge in [-0.25, -0.2) is 4.79 Å². The van der Waals surface area contributed by atoms with Crippen LogP contribution >= 0.6 is 0 Å². The maximum absolute atomic E-state index is 10.2. The molecule has 0 unspecified atom stereocenters. The third-order valence-corrected chi connectivity index (χ3v) is 1.02. The molecule has 0 aliphatic heterocycles. The van der Waals surface area contributed by atoms with Crippen LogP contribution in [0, 0.1) is 7.43 Å². The number of hydrogen-bond acceptors (Lipinski definition) is 1. The van der Waals surface area contributed by atoms with Gasteiger partial charge in [0.25, 0.3) is 0 Å². The number of hydrogen-bond donors (Lipinski definition) is 1. The van der Waals surface area contributed by atoms with E-state index < -0.39 is 5.97 Å². The van der Waals surface area contributed by atoms with Crippen LogP contribution in [-0.4, -0.2) is 11.1 Å². The van der Waals surface area contributed by atoms with Crippen LogP contribution in [0.5, 0.6) is 0 Å². The molecule has 0 aromatic heterocycles. The van der Waals surface area contributed by atoms with Crippen LogP contribution in [0.15, 0.2) is 30.3 Å². The minimum absolute atomic E-state index is 0. The van der Waals surface area contributed by atoms with Crippen molar-refractivity contribution in [2.24, 2.45) is 0 Å². The van der Waals surface area contributed by atoms with Gasteiger partial charge in [-0.05, 0) is 12.1 Å². The Kier molecular flexibility index (Phi) is 7.23. The minimum Gasteiger partial charge on any atom is -0.478 e. The molecule has 0 atom stereocenters. The van der Waals surface area contributed by atoms with Gasteiger partial charge in [0.15, 0.2) is 0 Å². The molecular weight excluding hydrogens is 312 g/mol. The Hall–Kier alpha value is -0.622. The van der Waals surface area contributed by atoms with E-state index in [0.717, 1.165) is 0 Å². The van der Waals surface area contributed by atoms with Crippen LogP contribution in [0.25, 0.3) is 0 Å². The molecule has 0 saturated carbocycles. The number of carboxylic acids is 1. The standard InChI is InChI=1S/C7H6O2.CH3.W/c8-7(9)6-4-2-1-3-5-6;;/h1-5H,(H,8,9);1H3;/q;-1;. The topological polar surface area (TPSA) is 37.3 Å². The van der Waals surface area contributed by atoms with Crippen LogP contribution in [0.3, 0.4) is 0 Å². The number of aromatic carboxylic acids is 1. The fraction of sp³-hybridized carbons (Fsp3) is 0. The molecule has 1 rings (SSSR count). The smallest absolute Gasteiger partial charge is 0.335 e. The van der Waals surface area contributed by atoms with E-state index in [4.69, 9.17) is 5.11 Å². The van der Waals surface area contributed by atoms with Crippen LogP contribution in [-0.2, 0) is 21.1 Å². The van der Waals surface area contributed by atoms with Crippen molar-refractivity contribution in [3.8, 4) is 0 Å². The monoisotopic (exact) mass is 321 g/mol. The van der Waals surface area contributed by atoms with Crippen molar-refractivity contribution >= 4 is 5.97 Å². The zero-order valence-electron chi connectivity index (χ0n) is 6.15. The zero-order valence-corrected chi connectivity index (χ0v) is 9.08. The molecule has 1 aromatic rings. The van der Waals surface area contributed by atoms with Gasteiger partial charge in [-0.2, -0.15) is 0 Å². The molecular formula is C8H9O2W-. The van der Waals surface area contributed by atoms with Gasteiger partial charge in [0.2, 0.25) is 0 Å². The second kappa shape index (κ2) is 6.11. The van der Waals surface area contributed by atoms with Crippen molar-refractivity contribution in [2.45, 2.75) is 0 Å². The first-order valence-corrected chi connectivity index (χ1v) is 2.59. The van der Waals surface area contributed by atoms with Crippen molar-refractivity contribution in [1.82, 2.24) is 0 Å². The Morgan fingerprint density at radius 2 is 1.64 bits per heavy atom. The van der Waals surface area contributed by atoms with E-state index in [1.807, 2.05) is 0 Å². The molecule has 0 spiro atoms. The zero-order chi connectivity index (χ0) is 6.69. The van der Waals surface area contributed by atoms with Crippen LogP contribution in [0.4, 0.5) is 0 Å². The average Bonchev–Trinajstić information content (AvgIpc) is 1.90. The van der Waals surface area contributed by atoms with Crippen LogP contribution in [0.1, 0.15) is 10.4 Å². The molecule has 11 heavy (non-hydrogen) atoms.